The minimum Gasteiger partial charge on any atom is -0.481 e. The van der Waals surface area contributed by atoms with Gasteiger partial charge in [-0.15, -0.1) is 10.2 Å². The molecule has 0 aliphatic carbocycles. The van der Waals surface area contributed by atoms with E-state index in [1.54, 1.807) is 25.1 Å². The Morgan fingerprint density at radius 2 is 1.93 bits per heavy atom. The van der Waals surface area contributed by atoms with Crippen LogP contribution in [0.25, 0.3) is 5.65 Å². The largest absolute Gasteiger partial charge is 0.481 e. The number of rotatable bonds is 6. The van der Waals surface area contributed by atoms with E-state index in [0.29, 0.717) is 28.8 Å². The fourth-order valence-electron chi connectivity index (χ4n) is 6.51. The van der Waals surface area contributed by atoms with Crippen molar-refractivity contribution in [1.29, 1.82) is 5.26 Å². The molecule has 0 bridgehead atoms. The molecule has 0 amide bonds. The van der Waals surface area contributed by atoms with E-state index >= 15 is 0 Å². The first-order chi connectivity index (χ1) is 21.8. The second kappa shape index (κ2) is 11.7. The number of anilines is 1. The van der Waals surface area contributed by atoms with Gasteiger partial charge in [0.2, 0.25) is 15.8 Å². The summed E-state index contributed by atoms with van der Waals surface area (Å²) >= 11 is 0. The molecule has 0 spiro atoms. The lowest BCUT2D eigenvalue weighted by atomic mass is 9.85. The Morgan fingerprint density at radius 1 is 1.15 bits per heavy atom. The van der Waals surface area contributed by atoms with Crippen LogP contribution in [-0.2, 0) is 27.5 Å². The minimum absolute atomic E-state index is 0.00270. The number of carboxylic acid groups (broad SMARTS) is 1. The van der Waals surface area contributed by atoms with Crippen molar-refractivity contribution in [3.63, 3.8) is 0 Å². The molecule has 1 saturated heterocycles. The predicted molar refractivity (Wildman–Crippen MR) is 160 cm³/mol. The number of nitrogens with zero attached hydrogens (tertiary/aromatic N) is 7. The average Bonchev–Trinajstić information content (AvgIpc) is 3.44. The number of nitriles is 1. The standard InChI is InChI=1S/C31H30F3N7O4S/c1-18-6-7-20(25(14-27(42)43)24-10-12-41-28(19(24)2)37-38-30(41)31(32,33)34)13-21(18)16-39-17-23-5-3-4-11-40(23)29-26(46(39,44)45)9-8-22(15-35)36-29/h6-10,12-13,23,25H,3-5,11,14,16-17H2,1-2H3,(H,42,43)/t23-,25-/m0/s1. The SMILES string of the molecule is Cc1ccc([C@H](CC(=O)O)c2ccn3c(C(F)(F)F)nnc3c2C)cc1CN1C[C@@H]2CCCCN2c2nc(C#N)ccc2S1(=O)=O. The van der Waals surface area contributed by atoms with E-state index in [2.05, 4.69) is 15.2 Å². The van der Waals surface area contributed by atoms with Gasteiger partial charge in [0.05, 0.1) is 6.42 Å². The Morgan fingerprint density at radius 3 is 2.65 bits per heavy atom. The van der Waals surface area contributed by atoms with Gasteiger partial charge in [-0.25, -0.2) is 13.4 Å². The molecule has 5 heterocycles. The number of benzene rings is 1. The van der Waals surface area contributed by atoms with Gasteiger partial charge in [0, 0.05) is 37.8 Å². The van der Waals surface area contributed by atoms with Gasteiger partial charge in [0.1, 0.15) is 16.7 Å². The average molecular weight is 654 g/mol. The number of sulfonamides is 1. The summed E-state index contributed by atoms with van der Waals surface area (Å²) in [6.45, 7) is 4.24. The van der Waals surface area contributed by atoms with Crippen LogP contribution in [0, 0.1) is 25.2 Å². The molecule has 11 nitrogen and oxygen atoms in total. The highest BCUT2D eigenvalue weighted by atomic mass is 32.2. The van der Waals surface area contributed by atoms with Gasteiger partial charge in [0.15, 0.2) is 11.5 Å². The second-order valence-corrected chi connectivity index (χ2v) is 13.6. The molecule has 0 unspecified atom stereocenters. The number of carboxylic acids is 1. The maximum Gasteiger partial charge on any atom is 0.452 e. The molecule has 1 fully saturated rings. The number of aryl methyl sites for hydroxylation is 2. The third-order valence-corrected chi connectivity index (χ3v) is 10.7. The van der Waals surface area contributed by atoms with Gasteiger partial charge in [-0.2, -0.15) is 22.7 Å². The summed E-state index contributed by atoms with van der Waals surface area (Å²) in [4.78, 5) is 18.5. The van der Waals surface area contributed by atoms with E-state index in [0.717, 1.165) is 29.2 Å². The second-order valence-electron chi connectivity index (χ2n) is 11.7. The maximum atomic E-state index is 14.1. The lowest BCUT2D eigenvalue weighted by Crippen LogP contribution is -2.45. The summed E-state index contributed by atoms with van der Waals surface area (Å²) in [5, 5.41) is 26.3. The zero-order chi connectivity index (χ0) is 33.0. The van der Waals surface area contributed by atoms with Crippen molar-refractivity contribution in [3.8, 4) is 6.07 Å². The summed E-state index contributed by atoms with van der Waals surface area (Å²) in [6.07, 6.45) is -1.35. The van der Waals surface area contributed by atoms with Gasteiger partial charge >= 0.3 is 12.1 Å². The van der Waals surface area contributed by atoms with E-state index in [9.17, 15) is 36.8 Å². The number of aliphatic carboxylic acids is 1. The van der Waals surface area contributed by atoms with Crippen molar-refractivity contribution in [3.05, 3.63) is 81.9 Å². The quantitative estimate of drug-likeness (QED) is 0.310. The Balaban J connectivity index is 1.41. The highest BCUT2D eigenvalue weighted by Crippen LogP contribution is 2.38. The van der Waals surface area contributed by atoms with Crippen LogP contribution in [0.15, 0.2) is 47.5 Å². The van der Waals surface area contributed by atoms with E-state index in [1.807, 2.05) is 17.9 Å². The van der Waals surface area contributed by atoms with Crippen LogP contribution in [0.5, 0.6) is 0 Å². The number of aromatic nitrogens is 4. The summed E-state index contributed by atoms with van der Waals surface area (Å²) in [6, 6.07) is 11.4. The van der Waals surface area contributed by atoms with Crippen molar-refractivity contribution in [2.45, 2.75) is 69.1 Å². The van der Waals surface area contributed by atoms with Gasteiger partial charge < -0.3 is 10.0 Å². The first kappa shape index (κ1) is 31.4. The topological polar surface area (TPSA) is 145 Å². The van der Waals surface area contributed by atoms with Crippen LogP contribution in [0.4, 0.5) is 19.0 Å². The Labute approximate surface area is 263 Å². The molecule has 6 rings (SSSR count). The van der Waals surface area contributed by atoms with Crippen molar-refractivity contribution in [1.82, 2.24) is 23.9 Å². The van der Waals surface area contributed by atoms with Crippen molar-refractivity contribution in [2.75, 3.05) is 18.0 Å². The van der Waals surface area contributed by atoms with Crippen LogP contribution in [0.3, 0.4) is 0 Å². The minimum atomic E-state index is -4.73. The number of hydrogen-bond acceptors (Lipinski definition) is 8. The molecule has 15 heteroatoms. The molecular formula is C31H30F3N7O4S. The zero-order valence-corrected chi connectivity index (χ0v) is 25.8. The molecule has 3 aromatic heterocycles. The summed E-state index contributed by atoms with van der Waals surface area (Å²) in [5.74, 6) is -2.78. The van der Waals surface area contributed by atoms with Gasteiger partial charge in [-0.05, 0) is 79.1 Å². The molecule has 1 N–H and O–H groups in total. The Bertz CT molecular complexity index is 2010. The number of fused-ring (bicyclic) bond motifs is 4. The monoisotopic (exact) mass is 653 g/mol. The fourth-order valence-corrected chi connectivity index (χ4v) is 8.10. The molecule has 46 heavy (non-hydrogen) atoms. The summed E-state index contributed by atoms with van der Waals surface area (Å²) in [7, 11) is -4.05. The smallest absolute Gasteiger partial charge is 0.452 e. The first-order valence-electron chi connectivity index (χ1n) is 14.7. The fraction of sp³-hybridized carbons (Fsp3) is 0.387. The number of carbonyl (C=O) groups is 1. The highest BCUT2D eigenvalue weighted by molar-refractivity contribution is 7.89. The number of halogens is 3. The molecule has 2 aliphatic heterocycles. The number of alkyl halides is 3. The predicted octanol–water partition coefficient (Wildman–Crippen LogP) is 4.80. The van der Waals surface area contributed by atoms with E-state index in [4.69, 9.17) is 0 Å². The van der Waals surface area contributed by atoms with Crippen molar-refractivity contribution >= 4 is 27.5 Å². The van der Waals surface area contributed by atoms with Gasteiger partial charge in [-0.3, -0.25) is 9.20 Å². The zero-order valence-electron chi connectivity index (χ0n) is 25.0. The van der Waals surface area contributed by atoms with Crippen LogP contribution >= 0.6 is 0 Å². The molecule has 2 aliphatic rings. The van der Waals surface area contributed by atoms with Crippen molar-refractivity contribution < 1.29 is 31.5 Å². The summed E-state index contributed by atoms with van der Waals surface area (Å²) in [5.41, 5.74) is 2.94. The molecule has 2 atom stereocenters. The maximum absolute atomic E-state index is 14.1. The molecule has 240 valence electrons. The van der Waals surface area contributed by atoms with E-state index < -0.39 is 33.9 Å². The highest BCUT2D eigenvalue weighted by Gasteiger charge is 2.40. The van der Waals surface area contributed by atoms with Gasteiger partial charge in [-0.1, -0.05) is 18.2 Å². The molecule has 0 radical (unpaired) electrons. The first-order valence-corrected chi connectivity index (χ1v) is 16.1. The third-order valence-electron chi connectivity index (χ3n) is 8.88. The van der Waals surface area contributed by atoms with Gasteiger partial charge in [0.25, 0.3) is 0 Å². The molecule has 0 saturated carbocycles. The third kappa shape index (κ3) is 5.56. The van der Waals surface area contributed by atoms with E-state index in [-0.39, 0.29) is 47.6 Å². The Kier molecular flexibility index (Phi) is 7.97. The van der Waals surface area contributed by atoms with Crippen LogP contribution in [0.2, 0.25) is 0 Å². The number of hydrogen-bond donors (Lipinski definition) is 1. The van der Waals surface area contributed by atoms with Crippen LogP contribution in [-0.4, -0.2) is 62.5 Å². The van der Waals surface area contributed by atoms with Crippen LogP contribution in [0.1, 0.15) is 70.9 Å². The lowest BCUT2D eigenvalue weighted by molar-refractivity contribution is -0.145. The number of pyridine rings is 2. The van der Waals surface area contributed by atoms with E-state index in [1.165, 1.54) is 28.7 Å². The Hall–Kier alpha value is -4.55. The van der Waals surface area contributed by atoms with Crippen molar-refractivity contribution in [2.24, 2.45) is 0 Å². The summed E-state index contributed by atoms with van der Waals surface area (Å²) < 4.78 is 70.9. The van der Waals surface area contributed by atoms with Crippen LogP contribution < -0.4 is 4.90 Å². The molecule has 4 aromatic rings. The normalized spacial score (nSPS) is 18.8. The molecule has 1 aromatic carbocycles. The number of piperidine rings is 1. The lowest BCUT2D eigenvalue weighted by Gasteiger charge is -2.36. The molecular weight excluding hydrogens is 623 g/mol.